The average Bonchev–Trinajstić information content (AvgIpc) is 2.81. The van der Waals surface area contributed by atoms with Crippen LogP contribution in [0.3, 0.4) is 0 Å². The molecular weight excluding hydrogens is 380 g/mol. The summed E-state index contributed by atoms with van der Waals surface area (Å²) in [7, 11) is 0. The van der Waals surface area contributed by atoms with E-state index < -0.39 is 0 Å². The van der Waals surface area contributed by atoms with Crippen LogP contribution < -0.4 is 4.74 Å². The van der Waals surface area contributed by atoms with E-state index in [0.29, 0.717) is 0 Å². The van der Waals surface area contributed by atoms with Crippen molar-refractivity contribution in [3.05, 3.63) is 54.6 Å². The monoisotopic (exact) mass is 422 g/mol. The Hall–Kier alpha value is -2.16. The predicted molar refractivity (Wildman–Crippen MR) is 132 cm³/mol. The zero-order valence-corrected chi connectivity index (χ0v) is 20.0. The molecule has 170 valence electrons. The first-order chi connectivity index (χ1) is 15.2. The Labute approximate surface area is 190 Å². The van der Waals surface area contributed by atoms with Gasteiger partial charge in [-0.05, 0) is 67.5 Å². The molecule has 3 heteroatoms. The van der Waals surface area contributed by atoms with Gasteiger partial charge in [0.25, 0.3) is 0 Å². The Balaban J connectivity index is 1.69. The van der Waals surface area contributed by atoms with Crippen LogP contribution in [0.2, 0.25) is 0 Å². The number of nitrogens with zero attached hydrogens (tertiary/aromatic N) is 2. The van der Waals surface area contributed by atoms with E-state index in [-0.39, 0.29) is 0 Å². The molecule has 2 aromatic rings. The van der Waals surface area contributed by atoms with Crippen LogP contribution in [0, 0.1) is 5.92 Å². The van der Waals surface area contributed by atoms with Crippen LogP contribution in [0.25, 0.3) is 11.4 Å². The van der Waals surface area contributed by atoms with Gasteiger partial charge in [-0.25, -0.2) is 9.97 Å². The lowest BCUT2D eigenvalue weighted by atomic mass is 10.00. The average molecular weight is 423 g/mol. The van der Waals surface area contributed by atoms with Crippen LogP contribution in [0.1, 0.15) is 97.0 Å². The SMILES string of the molecule is CCCCCCCCC=COc1ccc(-c2ncc(CCCCC(C)CC)cn2)cc1. The molecule has 1 heterocycles. The first-order valence-corrected chi connectivity index (χ1v) is 12.5. The quantitative estimate of drug-likeness (QED) is 0.201. The largest absolute Gasteiger partial charge is 0.465 e. The molecule has 2 rings (SSSR count). The standard InChI is InChI=1S/C28H42N2O/c1-4-6-7-8-9-10-11-14-21-31-27-19-17-26(18-20-27)28-29-22-25(23-30-28)16-13-12-15-24(3)5-2/h14,17-24H,4-13,15-16H2,1-3H3. The summed E-state index contributed by atoms with van der Waals surface area (Å²) in [6, 6.07) is 8.02. The van der Waals surface area contributed by atoms with Gasteiger partial charge in [0.15, 0.2) is 5.82 Å². The van der Waals surface area contributed by atoms with Gasteiger partial charge in [0.2, 0.25) is 0 Å². The number of benzene rings is 1. The van der Waals surface area contributed by atoms with Crippen LogP contribution >= 0.6 is 0 Å². The predicted octanol–water partition coefficient (Wildman–Crippen LogP) is 8.55. The highest BCUT2D eigenvalue weighted by Gasteiger charge is 2.03. The molecule has 3 nitrogen and oxygen atoms in total. The molecule has 0 aliphatic carbocycles. The molecule has 0 aliphatic rings. The minimum atomic E-state index is 0.772. The first-order valence-electron chi connectivity index (χ1n) is 12.5. The van der Waals surface area contributed by atoms with Gasteiger partial charge in [-0.1, -0.05) is 72.1 Å². The molecule has 1 atom stereocenters. The summed E-state index contributed by atoms with van der Waals surface area (Å²) in [5, 5.41) is 0. The van der Waals surface area contributed by atoms with E-state index in [0.717, 1.165) is 35.9 Å². The Morgan fingerprint density at radius 2 is 1.58 bits per heavy atom. The first kappa shape index (κ1) is 25.1. The summed E-state index contributed by atoms with van der Waals surface area (Å²) in [5.41, 5.74) is 2.25. The maximum Gasteiger partial charge on any atom is 0.159 e. The number of rotatable bonds is 16. The van der Waals surface area contributed by atoms with Crippen LogP contribution in [0.4, 0.5) is 0 Å². The van der Waals surface area contributed by atoms with Crippen molar-refractivity contribution in [3.63, 3.8) is 0 Å². The van der Waals surface area contributed by atoms with Gasteiger partial charge in [0.1, 0.15) is 5.75 Å². The molecule has 0 aliphatic heterocycles. The highest BCUT2D eigenvalue weighted by Crippen LogP contribution is 2.20. The van der Waals surface area contributed by atoms with E-state index in [4.69, 9.17) is 4.74 Å². The molecule has 0 fully saturated rings. The molecule has 0 saturated heterocycles. The van der Waals surface area contributed by atoms with Crippen molar-refractivity contribution in [2.24, 2.45) is 5.92 Å². The van der Waals surface area contributed by atoms with Gasteiger partial charge < -0.3 is 4.74 Å². The molecule has 0 amide bonds. The second-order valence-electron chi connectivity index (χ2n) is 8.74. The summed E-state index contributed by atoms with van der Waals surface area (Å²) in [6.07, 6.45) is 23.1. The van der Waals surface area contributed by atoms with E-state index in [1.165, 1.54) is 69.8 Å². The summed E-state index contributed by atoms with van der Waals surface area (Å²) >= 11 is 0. The topological polar surface area (TPSA) is 35.0 Å². The van der Waals surface area contributed by atoms with E-state index in [9.17, 15) is 0 Å². The van der Waals surface area contributed by atoms with Crippen LogP contribution in [0.15, 0.2) is 49.0 Å². The Kier molecular flexibility index (Phi) is 12.6. The summed E-state index contributed by atoms with van der Waals surface area (Å²) < 4.78 is 5.72. The normalized spacial score (nSPS) is 12.4. The van der Waals surface area contributed by atoms with E-state index in [1.54, 1.807) is 0 Å². The van der Waals surface area contributed by atoms with Crippen molar-refractivity contribution in [2.75, 3.05) is 0 Å². The lowest BCUT2D eigenvalue weighted by Crippen LogP contribution is -1.95. The third-order valence-corrected chi connectivity index (χ3v) is 5.95. The highest BCUT2D eigenvalue weighted by atomic mass is 16.5. The van der Waals surface area contributed by atoms with Gasteiger partial charge in [0, 0.05) is 18.0 Å². The highest BCUT2D eigenvalue weighted by molar-refractivity contribution is 5.55. The van der Waals surface area contributed by atoms with Crippen LogP contribution in [-0.4, -0.2) is 9.97 Å². The number of aryl methyl sites for hydroxylation is 1. The Morgan fingerprint density at radius 3 is 2.29 bits per heavy atom. The van der Waals surface area contributed by atoms with Crippen molar-refractivity contribution >= 4 is 0 Å². The number of ether oxygens (including phenoxy) is 1. The van der Waals surface area contributed by atoms with E-state index in [2.05, 4.69) is 36.8 Å². The lowest BCUT2D eigenvalue weighted by molar-refractivity contribution is 0.477. The van der Waals surface area contributed by atoms with Crippen molar-refractivity contribution in [1.29, 1.82) is 0 Å². The minimum absolute atomic E-state index is 0.772. The molecule has 31 heavy (non-hydrogen) atoms. The second kappa shape index (κ2) is 15.6. The number of unbranched alkanes of at least 4 members (excludes halogenated alkanes) is 7. The molecule has 1 unspecified atom stereocenters. The Morgan fingerprint density at radius 1 is 0.871 bits per heavy atom. The molecule has 0 spiro atoms. The third kappa shape index (κ3) is 10.6. The van der Waals surface area contributed by atoms with Gasteiger partial charge in [-0.3, -0.25) is 0 Å². The fraction of sp³-hybridized carbons (Fsp3) is 0.571. The fourth-order valence-corrected chi connectivity index (χ4v) is 3.58. The summed E-state index contributed by atoms with van der Waals surface area (Å²) in [6.45, 7) is 6.86. The number of allylic oxidation sites excluding steroid dienone is 1. The fourth-order valence-electron chi connectivity index (χ4n) is 3.58. The van der Waals surface area contributed by atoms with E-state index >= 15 is 0 Å². The van der Waals surface area contributed by atoms with Gasteiger partial charge in [0.05, 0.1) is 6.26 Å². The molecular formula is C28H42N2O. The molecule has 1 aromatic carbocycles. The molecule has 0 bridgehead atoms. The van der Waals surface area contributed by atoms with Gasteiger partial charge in [-0.2, -0.15) is 0 Å². The maximum absolute atomic E-state index is 5.72. The zero-order chi connectivity index (χ0) is 22.2. The van der Waals surface area contributed by atoms with Gasteiger partial charge in [-0.15, -0.1) is 0 Å². The van der Waals surface area contributed by atoms with Gasteiger partial charge >= 0.3 is 0 Å². The van der Waals surface area contributed by atoms with Crippen molar-refractivity contribution in [3.8, 4) is 17.1 Å². The van der Waals surface area contributed by atoms with Crippen LogP contribution in [-0.2, 0) is 6.42 Å². The number of aromatic nitrogens is 2. The zero-order valence-electron chi connectivity index (χ0n) is 20.0. The molecule has 0 N–H and O–H groups in total. The number of hydrogen-bond acceptors (Lipinski definition) is 3. The third-order valence-electron chi connectivity index (χ3n) is 5.95. The van der Waals surface area contributed by atoms with Crippen molar-refractivity contribution < 1.29 is 4.74 Å². The van der Waals surface area contributed by atoms with E-state index in [1.807, 2.05) is 42.9 Å². The summed E-state index contributed by atoms with van der Waals surface area (Å²) in [4.78, 5) is 9.13. The Bertz CT molecular complexity index is 722. The maximum atomic E-state index is 5.72. The molecule has 0 radical (unpaired) electrons. The molecule has 1 aromatic heterocycles. The van der Waals surface area contributed by atoms with Crippen LogP contribution in [0.5, 0.6) is 5.75 Å². The number of hydrogen-bond donors (Lipinski definition) is 0. The summed E-state index contributed by atoms with van der Waals surface area (Å²) in [5.74, 6) is 2.45. The minimum Gasteiger partial charge on any atom is -0.465 e. The van der Waals surface area contributed by atoms with Crippen molar-refractivity contribution in [2.45, 2.75) is 97.8 Å². The second-order valence-corrected chi connectivity index (χ2v) is 8.74. The van der Waals surface area contributed by atoms with Crippen molar-refractivity contribution in [1.82, 2.24) is 9.97 Å². The smallest absolute Gasteiger partial charge is 0.159 e. The molecule has 0 saturated carbocycles. The lowest BCUT2D eigenvalue weighted by Gasteiger charge is -2.07.